The van der Waals surface area contributed by atoms with Gasteiger partial charge < -0.3 is 15.4 Å². The van der Waals surface area contributed by atoms with Gasteiger partial charge in [-0.05, 0) is 11.1 Å². The maximum absolute atomic E-state index is 11.3. The molecule has 0 aliphatic heterocycles. The van der Waals surface area contributed by atoms with Crippen LogP contribution in [0.1, 0.15) is 25.0 Å². The molecule has 0 aliphatic rings. The molecule has 0 bridgehead atoms. The Kier molecular flexibility index (Phi) is 7.15. The van der Waals surface area contributed by atoms with Gasteiger partial charge in [0.1, 0.15) is 0 Å². The number of hydrogen-bond donors (Lipinski definition) is 2. The zero-order valence-corrected chi connectivity index (χ0v) is 12.0. The van der Waals surface area contributed by atoms with Crippen LogP contribution in [-0.2, 0) is 22.7 Å². The largest absolute Gasteiger partial charge is 0.380 e. The van der Waals surface area contributed by atoms with Crippen molar-refractivity contribution in [2.45, 2.75) is 27.0 Å². The number of hydrogen-bond acceptors (Lipinski definition) is 3. The molecule has 2 N–H and O–H groups in total. The van der Waals surface area contributed by atoms with E-state index < -0.39 is 0 Å². The van der Waals surface area contributed by atoms with Crippen molar-refractivity contribution >= 4 is 5.91 Å². The number of methoxy groups -OCH3 is 1. The van der Waals surface area contributed by atoms with Gasteiger partial charge in [0.2, 0.25) is 5.91 Å². The van der Waals surface area contributed by atoms with E-state index in [4.69, 9.17) is 4.74 Å². The van der Waals surface area contributed by atoms with E-state index in [2.05, 4.69) is 34.9 Å². The van der Waals surface area contributed by atoms with Crippen LogP contribution in [0.5, 0.6) is 0 Å². The van der Waals surface area contributed by atoms with Gasteiger partial charge in [0, 0.05) is 32.7 Å². The lowest BCUT2D eigenvalue weighted by molar-refractivity contribution is -0.123. The van der Waals surface area contributed by atoms with Gasteiger partial charge in [-0.1, -0.05) is 38.1 Å². The summed E-state index contributed by atoms with van der Waals surface area (Å²) in [7, 11) is 1.70. The number of ether oxygens (including phenoxy) is 1. The zero-order chi connectivity index (χ0) is 14.1. The maximum Gasteiger partial charge on any atom is 0.222 e. The Labute approximate surface area is 115 Å². The van der Waals surface area contributed by atoms with Crippen LogP contribution in [0.2, 0.25) is 0 Å². The second-order valence-corrected chi connectivity index (χ2v) is 4.87. The summed E-state index contributed by atoms with van der Waals surface area (Å²) < 4.78 is 5.07. The number of nitrogens with one attached hydrogen (secondary N) is 2. The number of carbonyl (C=O) groups excluding carboxylic acids is 1. The molecule has 106 valence electrons. The van der Waals surface area contributed by atoms with Crippen LogP contribution in [0, 0.1) is 5.92 Å². The lowest BCUT2D eigenvalue weighted by Crippen LogP contribution is -2.34. The first kappa shape index (κ1) is 15.7. The Hall–Kier alpha value is -1.39. The quantitative estimate of drug-likeness (QED) is 0.703. The van der Waals surface area contributed by atoms with E-state index in [0.29, 0.717) is 13.2 Å². The molecule has 19 heavy (non-hydrogen) atoms. The van der Waals surface area contributed by atoms with Gasteiger partial charge in [-0.3, -0.25) is 4.79 Å². The van der Waals surface area contributed by atoms with Crippen molar-refractivity contribution < 1.29 is 9.53 Å². The van der Waals surface area contributed by atoms with E-state index in [0.717, 1.165) is 13.1 Å². The minimum absolute atomic E-state index is 0.0494. The van der Waals surface area contributed by atoms with E-state index >= 15 is 0 Å². The van der Waals surface area contributed by atoms with Crippen molar-refractivity contribution in [1.29, 1.82) is 0 Å². The fourth-order valence-corrected chi connectivity index (χ4v) is 1.63. The molecule has 4 nitrogen and oxygen atoms in total. The predicted molar refractivity (Wildman–Crippen MR) is 76.7 cm³/mol. The summed E-state index contributed by atoms with van der Waals surface area (Å²) in [5.74, 6) is 0.152. The lowest BCUT2D eigenvalue weighted by atomic mass is 10.1. The topological polar surface area (TPSA) is 50.4 Å². The van der Waals surface area contributed by atoms with Crippen LogP contribution in [0.4, 0.5) is 0 Å². The van der Waals surface area contributed by atoms with Crippen molar-refractivity contribution in [1.82, 2.24) is 10.6 Å². The minimum Gasteiger partial charge on any atom is -0.380 e. The Bertz CT molecular complexity index is 374. The van der Waals surface area contributed by atoms with E-state index in [1.54, 1.807) is 7.11 Å². The van der Waals surface area contributed by atoms with Crippen LogP contribution in [0.15, 0.2) is 24.3 Å². The van der Waals surface area contributed by atoms with Crippen LogP contribution in [-0.4, -0.2) is 26.1 Å². The lowest BCUT2D eigenvalue weighted by Gasteiger charge is -2.09. The molecule has 0 saturated carbocycles. The zero-order valence-electron chi connectivity index (χ0n) is 12.0. The molecule has 0 atom stereocenters. The Morgan fingerprint density at radius 1 is 1.16 bits per heavy atom. The molecule has 0 aromatic heterocycles. The van der Waals surface area contributed by atoms with Gasteiger partial charge >= 0.3 is 0 Å². The molecule has 0 radical (unpaired) electrons. The average Bonchev–Trinajstić information content (AvgIpc) is 2.40. The second-order valence-electron chi connectivity index (χ2n) is 4.87. The smallest absolute Gasteiger partial charge is 0.222 e. The van der Waals surface area contributed by atoms with Crippen LogP contribution in [0.3, 0.4) is 0 Å². The molecule has 0 spiro atoms. The van der Waals surface area contributed by atoms with Crippen molar-refractivity contribution in [3.63, 3.8) is 0 Å². The van der Waals surface area contributed by atoms with Crippen LogP contribution < -0.4 is 10.6 Å². The highest BCUT2D eigenvalue weighted by Crippen LogP contribution is 2.04. The van der Waals surface area contributed by atoms with Gasteiger partial charge in [-0.15, -0.1) is 0 Å². The molecule has 1 rings (SSSR count). The van der Waals surface area contributed by atoms with E-state index in [1.807, 2.05) is 13.8 Å². The molecule has 0 fully saturated rings. The number of carbonyl (C=O) groups is 1. The number of amides is 1. The average molecular weight is 264 g/mol. The third-order valence-corrected chi connectivity index (χ3v) is 2.79. The fraction of sp³-hybridized carbons (Fsp3) is 0.533. The Morgan fingerprint density at radius 2 is 1.79 bits per heavy atom. The highest BCUT2D eigenvalue weighted by molar-refractivity contribution is 5.77. The Balaban J connectivity index is 2.17. The SMILES string of the molecule is COCc1ccc(CNCCNC(=O)C(C)C)cc1. The minimum atomic E-state index is 0.0494. The molecule has 0 unspecified atom stereocenters. The molecule has 1 amide bonds. The summed E-state index contributed by atoms with van der Waals surface area (Å²) in [6.45, 7) is 6.69. The first-order chi connectivity index (χ1) is 9.13. The van der Waals surface area contributed by atoms with Crippen LogP contribution >= 0.6 is 0 Å². The summed E-state index contributed by atoms with van der Waals surface area (Å²) in [6, 6.07) is 8.32. The standard InChI is InChI=1S/C15H24N2O2/c1-12(2)15(18)17-9-8-16-10-13-4-6-14(7-5-13)11-19-3/h4-7,12,16H,8-11H2,1-3H3,(H,17,18). The van der Waals surface area contributed by atoms with E-state index in [-0.39, 0.29) is 11.8 Å². The summed E-state index contributed by atoms with van der Waals surface area (Å²) in [5.41, 5.74) is 2.41. The van der Waals surface area contributed by atoms with Crippen molar-refractivity contribution in [2.75, 3.05) is 20.2 Å². The van der Waals surface area contributed by atoms with Crippen molar-refractivity contribution in [2.24, 2.45) is 5.92 Å². The number of benzene rings is 1. The summed E-state index contributed by atoms with van der Waals surface area (Å²) >= 11 is 0. The predicted octanol–water partition coefficient (Wildman–Crippen LogP) is 1.69. The summed E-state index contributed by atoms with van der Waals surface area (Å²) in [4.78, 5) is 11.3. The van der Waals surface area contributed by atoms with Gasteiger partial charge in [0.25, 0.3) is 0 Å². The molecule has 4 heteroatoms. The van der Waals surface area contributed by atoms with Crippen molar-refractivity contribution in [3.8, 4) is 0 Å². The summed E-state index contributed by atoms with van der Waals surface area (Å²) in [5, 5.41) is 6.18. The second kappa shape index (κ2) is 8.67. The molecular weight excluding hydrogens is 240 g/mol. The molecule has 0 aliphatic carbocycles. The summed E-state index contributed by atoms with van der Waals surface area (Å²) in [6.07, 6.45) is 0. The first-order valence-corrected chi connectivity index (χ1v) is 6.68. The van der Waals surface area contributed by atoms with Gasteiger partial charge in [-0.25, -0.2) is 0 Å². The van der Waals surface area contributed by atoms with Crippen molar-refractivity contribution in [3.05, 3.63) is 35.4 Å². The third kappa shape index (κ3) is 6.36. The normalized spacial score (nSPS) is 10.7. The number of rotatable bonds is 8. The van der Waals surface area contributed by atoms with Gasteiger partial charge in [0.05, 0.1) is 6.61 Å². The third-order valence-electron chi connectivity index (χ3n) is 2.79. The van der Waals surface area contributed by atoms with E-state index in [9.17, 15) is 4.79 Å². The van der Waals surface area contributed by atoms with E-state index in [1.165, 1.54) is 11.1 Å². The van der Waals surface area contributed by atoms with Gasteiger partial charge in [0.15, 0.2) is 0 Å². The maximum atomic E-state index is 11.3. The highest BCUT2D eigenvalue weighted by atomic mass is 16.5. The molecule has 1 aromatic rings. The monoisotopic (exact) mass is 264 g/mol. The Morgan fingerprint density at radius 3 is 2.37 bits per heavy atom. The highest BCUT2D eigenvalue weighted by Gasteiger charge is 2.04. The molecule has 0 saturated heterocycles. The fourth-order valence-electron chi connectivity index (χ4n) is 1.63. The molecule has 1 aromatic carbocycles. The van der Waals surface area contributed by atoms with Gasteiger partial charge in [-0.2, -0.15) is 0 Å². The molecule has 0 heterocycles. The molecular formula is C15H24N2O2. The first-order valence-electron chi connectivity index (χ1n) is 6.68. The van der Waals surface area contributed by atoms with Crippen LogP contribution in [0.25, 0.3) is 0 Å².